The van der Waals surface area contributed by atoms with Gasteiger partial charge in [0.15, 0.2) is 0 Å². The summed E-state index contributed by atoms with van der Waals surface area (Å²) in [6.07, 6.45) is 1.01. The van der Waals surface area contributed by atoms with E-state index in [1.54, 1.807) is 19.9 Å². The molecule has 4 N–H and O–H groups in total. The number of nitrogens with zero attached hydrogens (tertiary/aromatic N) is 2. The summed E-state index contributed by atoms with van der Waals surface area (Å²) in [5, 5.41) is 6.30. The number of rotatable bonds is 7. The van der Waals surface area contributed by atoms with Gasteiger partial charge in [-0.25, -0.2) is 9.97 Å². The first-order valence-electron chi connectivity index (χ1n) is 6.97. The highest BCUT2D eigenvalue weighted by molar-refractivity contribution is 5.86. The maximum Gasteiger partial charge on any atom is 0.242 e. The van der Waals surface area contributed by atoms with Crippen molar-refractivity contribution in [1.29, 1.82) is 0 Å². The number of hydrogen-bond donors (Lipinski definition) is 3. The average molecular weight is 279 g/mol. The Hall–Kier alpha value is -1.85. The molecule has 20 heavy (non-hydrogen) atoms. The summed E-state index contributed by atoms with van der Waals surface area (Å²) in [6.45, 7) is 10.4. The van der Waals surface area contributed by atoms with Crippen molar-refractivity contribution in [2.45, 2.75) is 52.5 Å². The Morgan fingerprint density at radius 2 is 1.95 bits per heavy atom. The molecule has 0 aromatic carbocycles. The second-order valence-corrected chi connectivity index (χ2v) is 5.69. The number of amides is 1. The Morgan fingerprint density at radius 1 is 1.35 bits per heavy atom. The van der Waals surface area contributed by atoms with E-state index < -0.39 is 11.4 Å². The van der Waals surface area contributed by atoms with Gasteiger partial charge in [-0.15, -0.1) is 0 Å². The van der Waals surface area contributed by atoms with Gasteiger partial charge in [0.25, 0.3) is 0 Å². The predicted octanol–water partition coefficient (Wildman–Crippen LogP) is 2.10. The van der Waals surface area contributed by atoms with E-state index in [0.29, 0.717) is 5.82 Å². The molecular weight excluding hydrogens is 254 g/mol. The van der Waals surface area contributed by atoms with Crippen LogP contribution >= 0.6 is 0 Å². The number of primary amides is 1. The molecule has 1 heterocycles. The maximum absolute atomic E-state index is 11.4. The molecule has 0 unspecified atom stereocenters. The topological polar surface area (TPSA) is 92.9 Å². The molecule has 0 radical (unpaired) electrons. The predicted molar refractivity (Wildman–Crippen MR) is 81.8 cm³/mol. The highest BCUT2D eigenvalue weighted by Gasteiger charge is 2.25. The molecule has 0 saturated heterocycles. The summed E-state index contributed by atoms with van der Waals surface area (Å²) in [6, 6.07) is 1.80. The summed E-state index contributed by atoms with van der Waals surface area (Å²) >= 11 is 0. The Labute approximate surface area is 120 Å². The van der Waals surface area contributed by atoms with Gasteiger partial charge in [0.1, 0.15) is 23.0 Å². The van der Waals surface area contributed by atoms with Crippen LogP contribution in [0.3, 0.4) is 0 Å². The molecule has 0 saturated carbocycles. The van der Waals surface area contributed by atoms with Gasteiger partial charge in [-0.2, -0.15) is 0 Å². The van der Waals surface area contributed by atoms with Gasteiger partial charge in [-0.3, -0.25) is 4.79 Å². The molecule has 1 amide bonds. The Morgan fingerprint density at radius 3 is 2.45 bits per heavy atom. The molecule has 0 spiro atoms. The molecule has 1 rings (SSSR count). The van der Waals surface area contributed by atoms with E-state index in [4.69, 9.17) is 5.73 Å². The molecule has 112 valence electrons. The van der Waals surface area contributed by atoms with E-state index in [1.807, 2.05) is 13.8 Å². The molecule has 0 aliphatic rings. The van der Waals surface area contributed by atoms with Crippen LogP contribution in [0.5, 0.6) is 0 Å². The summed E-state index contributed by atoms with van der Waals surface area (Å²) in [5.41, 5.74) is 4.52. The largest absolute Gasteiger partial charge is 0.370 e. The Balaban J connectivity index is 3.05. The summed E-state index contributed by atoms with van der Waals surface area (Å²) in [4.78, 5) is 20.3. The van der Waals surface area contributed by atoms with Crippen molar-refractivity contribution in [3.8, 4) is 0 Å². The number of anilines is 2. The first-order chi connectivity index (χ1) is 9.26. The number of aromatic nitrogens is 2. The smallest absolute Gasteiger partial charge is 0.242 e. The highest BCUT2D eigenvalue weighted by atomic mass is 16.1. The maximum atomic E-state index is 11.4. The minimum atomic E-state index is -0.857. The molecule has 0 aliphatic carbocycles. The zero-order chi connectivity index (χ0) is 15.3. The van der Waals surface area contributed by atoms with E-state index in [-0.39, 0.29) is 5.92 Å². The zero-order valence-corrected chi connectivity index (χ0v) is 12.9. The normalized spacial score (nSPS) is 11.5. The van der Waals surface area contributed by atoms with Crippen LogP contribution in [0.1, 0.15) is 52.8 Å². The highest BCUT2D eigenvalue weighted by Crippen LogP contribution is 2.20. The van der Waals surface area contributed by atoms with Crippen molar-refractivity contribution in [3.05, 3.63) is 11.9 Å². The lowest BCUT2D eigenvalue weighted by Crippen LogP contribution is -2.45. The van der Waals surface area contributed by atoms with E-state index in [2.05, 4.69) is 27.5 Å². The van der Waals surface area contributed by atoms with Crippen molar-refractivity contribution in [2.75, 3.05) is 17.2 Å². The standard InChI is InChI=1S/C14H25N5O/c1-6-7-16-10-8-11(18-12(17-10)9(2)3)19-14(4,5)13(15)20/h8-9H,6-7H2,1-5H3,(H2,15,20)(H2,16,17,18,19). The van der Waals surface area contributed by atoms with Crippen LogP contribution in [0, 0.1) is 0 Å². The van der Waals surface area contributed by atoms with Gasteiger partial charge >= 0.3 is 0 Å². The van der Waals surface area contributed by atoms with Gasteiger partial charge in [-0.05, 0) is 20.3 Å². The second-order valence-electron chi connectivity index (χ2n) is 5.69. The van der Waals surface area contributed by atoms with Crippen LogP contribution in [0.2, 0.25) is 0 Å². The number of carbonyl (C=O) groups excluding carboxylic acids is 1. The fourth-order valence-electron chi connectivity index (χ4n) is 1.51. The van der Waals surface area contributed by atoms with Crippen LogP contribution in [-0.4, -0.2) is 28.0 Å². The molecule has 0 atom stereocenters. The van der Waals surface area contributed by atoms with Gasteiger partial charge < -0.3 is 16.4 Å². The number of carbonyl (C=O) groups is 1. The van der Waals surface area contributed by atoms with E-state index in [1.165, 1.54) is 0 Å². The third-order valence-electron chi connectivity index (χ3n) is 2.87. The first-order valence-corrected chi connectivity index (χ1v) is 6.97. The average Bonchev–Trinajstić information content (AvgIpc) is 2.35. The molecule has 1 aromatic rings. The molecule has 6 heteroatoms. The number of nitrogens with one attached hydrogen (secondary N) is 2. The third-order valence-corrected chi connectivity index (χ3v) is 2.87. The first kappa shape index (κ1) is 16.2. The fraction of sp³-hybridized carbons (Fsp3) is 0.643. The van der Waals surface area contributed by atoms with Crippen LogP contribution in [0.4, 0.5) is 11.6 Å². The molecule has 1 aromatic heterocycles. The van der Waals surface area contributed by atoms with Gasteiger partial charge in [0.2, 0.25) is 5.91 Å². The molecule has 0 bridgehead atoms. The minimum absolute atomic E-state index is 0.204. The molecule has 6 nitrogen and oxygen atoms in total. The Kier molecular flexibility index (Phi) is 5.30. The van der Waals surface area contributed by atoms with Crippen molar-refractivity contribution in [1.82, 2.24) is 9.97 Å². The lowest BCUT2D eigenvalue weighted by atomic mass is 10.1. The third kappa shape index (κ3) is 4.36. The van der Waals surface area contributed by atoms with Gasteiger partial charge in [-0.1, -0.05) is 20.8 Å². The van der Waals surface area contributed by atoms with Crippen LogP contribution < -0.4 is 16.4 Å². The van der Waals surface area contributed by atoms with Crippen molar-refractivity contribution in [3.63, 3.8) is 0 Å². The minimum Gasteiger partial charge on any atom is -0.370 e. The summed E-state index contributed by atoms with van der Waals surface area (Å²) in [5.74, 6) is 1.87. The lowest BCUT2D eigenvalue weighted by Gasteiger charge is -2.23. The molecular formula is C14H25N5O. The molecule has 0 aliphatic heterocycles. The SMILES string of the molecule is CCCNc1cc(NC(C)(C)C(N)=O)nc(C(C)C)n1. The van der Waals surface area contributed by atoms with Crippen molar-refractivity contribution in [2.24, 2.45) is 5.73 Å². The zero-order valence-electron chi connectivity index (χ0n) is 12.9. The second kappa shape index (κ2) is 6.54. The fourth-order valence-corrected chi connectivity index (χ4v) is 1.51. The van der Waals surface area contributed by atoms with E-state index >= 15 is 0 Å². The monoisotopic (exact) mass is 279 g/mol. The Bertz CT molecular complexity index is 471. The summed E-state index contributed by atoms with van der Waals surface area (Å²) in [7, 11) is 0. The number of hydrogen-bond acceptors (Lipinski definition) is 5. The van der Waals surface area contributed by atoms with Crippen LogP contribution in [0.15, 0.2) is 6.07 Å². The van der Waals surface area contributed by atoms with Gasteiger partial charge in [0, 0.05) is 18.5 Å². The van der Waals surface area contributed by atoms with Crippen molar-refractivity contribution >= 4 is 17.5 Å². The molecule has 0 fully saturated rings. The van der Waals surface area contributed by atoms with E-state index in [0.717, 1.165) is 24.6 Å². The van der Waals surface area contributed by atoms with Crippen molar-refractivity contribution < 1.29 is 4.79 Å². The quantitative estimate of drug-likeness (QED) is 0.710. The van der Waals surface area contributed by atoms with Gasteiger partial charge in [0.05, 0.1) is 0 Å². The number of nitrogens with two attached hydrogens (primary N) is 1. The van der Waals surface area contributed by atoms with Crippen LogP contribution in [0.25, 0.3) is 0 Å². The van der Waals surface area contributed by atoms with Crippen LogP contribution in [-0.2, 0) is 4.79 Å². The van der Waals surface area contributed by atoms with E-state index in [9.17, 15) is 4.79 Å². The summed E-state index contributed by atoms with van der Waals surface area (Å²) < 4.78 is 0. The lowest BCUT2D eigenvalue weighted by molar-refractivity contribution is -0.121.